The van der Waals surface area contributed by atoms with E-state index in [4.69, 9.17) is 10.5 Å². The van der Waals surface area contributed by atoms with Gasteiger partial charge in [0.25, 0.3) is 0 Å². The van der Waals surface area contributed by atoms with Gasteiger partial charge in [-0.15, -0.1) is 10.2 Å². The Labute approximate surface area is 246 Å². The molecule has 2 N–H and O–H groups in total. The van der Waals surface area contributed by atoms with Crippen LogP contribution >= 0.6 is 22.7 Å². The summed E-state index contributed by atoms with van der Waals surface area (Å²) in [5.41, 5.74) is 11.6. The van der Waals surface area contributed by atoms with E-state index in [-0.39, 0.29) is 5.57 Å². The molecule has 0 unspecified atom stereocenters. The molecule has 2 aromatic carbocycles. The molecule has 1 aliphatic rings. The number of benzene rings is 2. The monoisotopic (exact) mass is 578 g/mol. The van der Waals surface area contributed by atoms with Crippen LogP contribution in [0.15, 0.2) is 80.8 Å². The molecule has 2 aromatic heterocycles. The Morgan fingerprint density at radius 3 is 2.34 bits per heavy atom. The summed E-state index contributed by atoms with van der Waals surface area (Å²) in [6.45, 7) is 6.21. The second-order valence-electron chi connectivity index (χ2n) is 9.28. The fourth-order valence-corrected chi connectivity index (χ4v) is 5.72. The van der Waals surface area contributed by atoms with Crippen molar-refractivity contribution in [3.63, 3.8) is 0 Å². The molecule has 1 fully saturated rings. The average molecular weight is 579 g/mol. The first-order chi connectivity index (χ1) is 20.0. The summed E-state index contributed by atoms with van der Waals surface area (Å²) in [6, 6.07) is 19.4. The summed E-state index contributed by atoms with van der Waals surface area (Å²) in [4.78, 5) is 7.27. The molecular formula is C29H26N10S2. The van der Waals surface area contributed by atoms with Gasteiger partial charge in [0.05, 0.1) is 32.6 Å². The summed E-state index contributed by atoms with van der Waals surface area (Å²) in [6.07, 6.45) is 5.56. The fraction of sp³-hybridized carbons (Fsp3) is 0.207. The fourth-order valence-electron chi connectivity index (χ4n) is 4.13. The van der Waals surface area contributed by atoms with Crippen LogP contribution in [0.1, 0.15) is 28.8 Å². The van der Waals surface area contributed by atoms with Crippen molar-refractivity contribution in [1.82, 2.24) is 4.98 Å². The maximum Gasteiger partial charge on any atom is 0.230 e. The van der Waals surface area contributed by atoms with Crippen molar-refractivity contribution in [3.8, 4) is 12.1 Å². The lowest BCUT2D eigenvalue weighted by Crippen LogP contribution is -2.15. The Morgan fingerprint density at radius 1 is 0.878 bits per heavy atom. The van der Waals surface area contributed by atoms with Crippen LogP contribution in [0.2, 0.25) is 0 Å². The molecule has 1 aliphatic heterocycles. The second kappa shape index (κ2) is 13.0. The molecule has 1 saturated heterocycles. The molecule has 5 rings (SSSR count). The molecule has 0 spiro atoms. The first-order valence-corrected chi connectivity index (χ1v) is 14.5. The van der Waals surface area contributed by atoms with Gasteiger partial charge in [-0.05, 0) is 92.4 Å². The van der Waals surface area contributed by atoms with Gasteiger partial charge in [-0.25, -0.2) is 4.98 Å². The minimum atomic E-state index is 0.0120. The molecule has 4 aromatic rings. The van der Waals surface area contributed by atoms with Crippen LogP contribution in [0.3, 0.4) is 0 Å². The van der Waals surface area contributed by atoms with E-state index >= 15 is 0 Å². The molecule has 0 atom stereocenters. The molecule has 12 heteroatoms. The molecule has 0 bridgehead atoms. The van der Waals surface area contributed by atoms with E-state index in [9.17, 15) is 0 Å². The largest absolute Gasteiger partial charge is 0.363 e. The van der Waals surface area contributed by atoms with Gasteiger partial charge in [0.2, 0.25) is 5.13 Å². The Morgan fingerprint density at radius 2 is 1.61 bits per heavy atom. The predicted octanol–water partition coefficient (Wildman–Crippen LogP) is 9.12. The Hall–Kier alpha value is -4.91. The second-order valence-corrected chi connectivity index (χ2v) is 11.4. The number of nitriles is 2. The zero-order valence-electron chi connectivity index (χ0n) is 22.5. The standard InChI is InChI=1S/C29H26N10S2/c1-19-14-23(34-37-27-9-10-28(41-27)39-11-3-4-12-39)6-7-25(19)35-33-22-5-8-26(20(2)13-22)36-38-29-32-18-24(40-29)15-21(16-30)17-31/h5-10,13-15,18,34,37H,3-4,11-12H2,1-2H3. The van der Waals surface area contributed by atoms with Crippen molar-refractivity contribution in [2.24, 2.45) is 20.5 Å². The van der Waals surface area contributed by atoms with Crippen LogP contribution in [-0.4, -0.2) is 18.1 Å². The summed E-state index contributed by atoms with van der Waals surface area (Å²) in [7, 11) is 0. The normalized spacial score (nSPS) is 12.9. The van der Waals surface area contributed by atoms with E-state index in [1.165, 1.54) is 35.3 Å². The zero-order valence-corrected chi connectivity index (χ0v) is 24.1. The summed E-state index contributed by atoms with van der Waals surface area (Å²) in [5, 5.41) is 37.9. The highest BCUT2D eigenvalue weighted by Crippen LogP contribution is 2.33. The number of azo groups is 2. The molecule has 0 aliphatic carbocycles. The molecular weight excluding hydrogens is 553 g/mol. The van der Waals surface area contributed by atoms with Crippen LogP contribution in [0.25, 0.3) is 6.08 Å². The first kappa shape index (κ1) is 27.6. The zero-order chi connectivity index (χ0) is 28.6. The highest BCUT2D eigenvalue weighted by Gasteiger charge is 2.14. The van der Waals surface area contributed by atoms with Crippen molar-refractivity contribution >= 4 is 66.6 Å². The van der Waals surface area contributed by atoms with Gasteiger partial charge < -0.3 is 10.3 Å². The van der Waals surface area contributed by atoms with E-state index in [0.29, 0.717) is 21.4 Å². The highest BCUT2D eigenvalue weighted by molar-refractivity contribution is 7.20. The van der Waals surface area contributed by atoms with Gasteiger partial charge in [-0.3, -0.25) is 5.43 Å². The van der Waals surface area contributed by atoms with Crippen LogP contribution in [0.4, 0.5) is 37.9 Å². The Balaban J connectivity index is 1.18. The van der Waals surface area contributed by atoms with Gasteiger partial charge in [0, 0.05) is 19.3 Å². The van der Waals surface area contributed by atoms with E-state index in [2.05, 4.69) is 53.3 Å². The van der Waals surface area contributed by atoms with Crippen LogP contribution in [0, 0.1) is 36.5 Å². The van der Waals surface area contributed by atoms with Crippen LogP contribution < -0.4 is 15.8 Å². The number of hydrogen-bond donors (Lipinski definition) is 2. The summed E-state index contributed by atoms with van der Waals surface area (Å²) in [5.74, 6) is 0. The van der Waals surface area contributed by atoms with Crippen LogP contribution in [0.5, 0.6) is 0 Å². The molecule has 0 radical (unpaired) electrons. The molecule has 10 nitrogen and oxygen atoms in total. The first-order valence-electron chi connectivity index (χ1n) is 12.9. The number of hydrazine groups is 1. The summed E-state index contributed by atoms with van der Waals surface area (Å²) < 4.78 is 0. The number of allylic oxidation sites excluding steroid dienone is 1. The average Bonchev–Trinajstić information content (AvgIpc) is 3.76. The van der Waals surface area contributed by atoms with Gasteiger partial charge in [-0.1, -0.05) is 22.7 Å². The Kier molecular flexibility index (Phi) is 8.74. The maximum atomic E-state index is 8.89. The number of hydrogen-bond acceptors (Lipinski definition) is 12. The number of nitrogens with zero attached hydrogens (tertiary/aromatic N) is 8. The van der Waals surface area contributed by atoms with Gasteiger partial charge in [-0.2, -0.15) is 20.8 Å². The lowest BCUT2D eigenvalue weighted by molar-refractivity contribution is 0.949. The van der Waals surface area contributed by atoms with Gasteiger partial charge in [0.15, 0.2) is 0 Å². The minimum absolute atomic E-state index is 0.0120. The minimum Gasteiger partial charge on any atom is -0.363 e. The smallest absolute Gasteiger partial charge is 0.230 e. The van der Waals surface area contributed by atoms with Crippen LogP contribution in [-0.2, 0) is 0 Å². The third-order valence-electron chi connectivity index (χ3n) is 6.27. The van der Waals surface area contributed by atoms with E-state index < -0.39 is 0 Å². The van der Waals surface area contributed by atoms with Crippen molar-refractivity contribution < 1.29 is 0 Å². The van der Waals surface area contributed by atoms with Gasteiger partial charge in [0.1, 0.15) is 22.7 Å². The third-order valence-corrected chi connectivity index (χ3v) is 8.16. The predicted molar refractivity (Wildman–Crippen MR) is 165 cm³/mol. The Bertz CT molecular complexity index is 1700. The highest BCUT2D eigenvalue weighted by atomic mass is 32.1. The van der Waals surface area contributed by atoms with Crippen molar-refractivity contribution in [1.29, 1.82) is 10.5 Å². The number of thiophene rings is 1. The van der Waals surface area contributed by atoms with E-state index in [1.54, 1.807) is 17.5 Å². The van der Waals surface area contributed by atoms with Crippen molar-refractivity contribution in [3.05, 3.63) is 76.3 Å². The molecule has 3 heterocycles. The van der Waals surface area contributed by atoms with Crippen molar-refractivity contribution in [2.75, 3.05) is 28.8 Å². The SMILES string of the molecule is Cc1cc(NNc2ccc(N3CCCC3)s2)ccc1N=Nc1ccc(N=Nc2ncc(C=C(C#N)C#N)s2)c(C)c1. The van der Waals surface area contributed by atoms with E-state index in [0.717, 1.165) is 40.6 Å². The van der Waals surface area contributed by atoms with Gasteiger partial charge >= 0.3 is 0 Å². The third kappa shape index (κ3) is 7.19. The maximum absolute atomic E-state index is 8.89. The topological polar surface area (TPSA) is 137 Å². The lowest BCUT2D eigenvalue weighted by atomic mass is 10.2. The molecule has 0 saturated carbocycles. The number of nitrogens with one attached hydrogen (secondary N) is 2. The molecule has 204 valence electrons. The van der Waals surface area contributed by atoms with E-state index in [1.807, 2.05) is 62.4 Å². The number of anilines is 3. The summed E-state index contributed by atoms with van der Waals surface area (Å²) >= 11 is 3.00. The number of thiazole rings is 1. The lowest BCUT2D eigenvalue weighted by Gasteiger charge is -2.14. The number of rotatable bonds is 9. The molecule has 41 heavy (non-hydrogen) atoms. The number of aromatic nitrogens is 1. The molecule has 0 amide bonds. The number of aryl methyl sites for hydroxylation is 2. The van der Waals surface area contributed by atoms with Crippen molar-refractivity contribution in [2.45, 2.75) is 26.7 Å². The quantitative estimate of drug-likeness (QED) is 0.115.